The highest BCUT2D eigenvalue weighted by atomic mass is 19.1. The number of nitro benzene ring substituents is 1. The van der Waals surface area contributed by atoms with Crippen LogP contribution in [-0.2, 0) is 4.79 Å². The molecule has 2 rings (SSSR count). The van der Waals surface area contributed by atoms with Gasteiger partial charge in [-0.15, -0.1) is 0 Å². The summed E-state index contributed by atoms with van der Waals surface area (Å²) in [6.45, 7) is -0.0627. The predicted octanol–water partition coefficient (Wildman–Crippen LogP) is 1.88. The van der Waals surface area contributed by atoms with Crippen molar-refractivity contribution in [3.63, 3.8) is 0 Å². The average molecular weight is 388 g/mol. The Labute approximate surface area is 161 Å². The van der Waals surface area contributed by atoms with Crippen molar-refractivity contribution < 1.29 is 18.9 Å². The highest BCUT2D eigenvalue weighted by Gasteiger charge is 2.17. The lowest BCUT2D eigenvalue weighted by atomic mass is 10.1. The Morgan fingerprint density at radius 1 is 1.14 bits per heavy atom. The van der Waals surface area contributed by atoms with E-state index in [-0.39, 0.29) is 36.2 Å². The van der Waals surface area contributed by atoms with Gasteiger partial charge >= 0.3 is 0 Å². The van der Waals surface area contributed by atoms with E-state index >= 15 is 0 Å². The van der Waals surface area contributed by atoms with Crippen LogP contribution in [0.4, 0.5) is 10.1 Å². The van der Waals surface area contributed by atoms with Crippen molar-refractivity contribution in [3.8, 4) is 0 Å². The van der Waals surface area contributed by atoms with Crippen molar-refractivity contribution in [2.45, 2.75) is 6.04 Å². The van der Waals surface area contributed by atoms with Crippen LogP contribution in [0.5, 0.6) is 0 Å². The number of carbonyl (C=O) groups excluding carboxylic acids is 2. The molecule has 1 unspecified atom stereocenters. The molecule has 0 radical (unpaired) electrons. The smallest absolute Gasteiger partial charge is 0.270 e. The molecule has 0 saturated heterocycles. The Morgan fingerprint density at radius 2 is 1.86 bits per heavy atom. The summed E-state index contributed by atoms with van der Waals surface area (Å²) in [6, 6.07) is 11.1. The second kappa shape index (κ2) is 9.56. The first-order chi connectivity index (χ1) is 13.3. The second-order valence-corrected chi connectivity index (χ2v) is 6.33. The van der Waals surface area contributed by atoms with Gasteiger partial charge in [-0.05, 0) is 37.9 Å². The van der Waals surface area contributed by atoms with E-state index in [1.165, 1.54) is 30.3 Å². The van der Waals surface area contributed by atoms with Gasteiger partial charge in [-0.2, -0.15) is 0 Å². The Balaban J connectivity index is 1.90. The van der Waals surface area contributed by atoms with Crippen LogP contribution in [0.25, 0.3) is 0 Å². The third kappa shape index (κ3) is 5.85. The Morgan fingerprint density at radius 3 is 2.50 bits per heavy atom. The van der Waals surface area contributed by atoms with Gasteiger partial charge in [0.15, 0.2) is 0 Å². The molecule has 8 nitrogen and oxygen atoms in total. The maximum absolute atomic E-state index is 13.4. The molecule has 2 amide bonds. The van der Waals surface area contributed by atoms with Crippen LogP contribution in [-0.4, -0.2) is 48.8 Å². The van der Waals surface area contributed by atoms with E-state index < -0.39 is 16.7 Å². The molecule has 9 heteroatoms. The zero-order valence-corrected chi connectivity index (χ0v) is 15.5. The number of nitrogens with zero attached hydrogens (tertiary/aromatic N) is 2. The van der Waals surface area contributed by atoms with Crippen molar-refractivity contribution in [1.29, 1.82) is 0 Å². The monoisotopic (exact) mass is 388 g/mol. The van der Waals surface area contributed by atoms with Gasteiger partial charge in [0.1, 0.15) is 5.82 Å². The number of carbonyl (C=O) groups is 2. The average Bonchev–Trinajstić information content (AvgIpc) is 2.66. The number of hydrogen-bond donors (Lipinski definition) is 2. The highest BCUT2D eigenvalue weighted by molar-refractivity contribution is 5.96. The normalized spacial score (nSPS) is 11.7. The van der Waals surface area contributed by atoms with Gasteiger partial charge in [-0.3, -0.25) is 19.7 Å². The van der Waals surface area contributed by atoms with Crippen molar-refractivity contribution >= 4 is 17.5 Å². The van der Waals surface area contributed by atoms with E-state index in [0.717, 1.165) is 6.07 Å². The first-order valence-electron chi connectivity index (χ1n) is 8.49. The molecule has 0 saturated carbocycles. The van der Waals surface area contributed by atoms with Crippen LogP contribution in [0.3, 0.4) is 0 Å². The van der Waals surface area contributed by atoms with Crippen molar-refractivity contribution in [2.24, 2.45) is 0 Å². The Hall–Kier alpha value is -3.33. The van der Waals surface area contributed by atoms with Crippen LogP contribution in [0.2, 0.25) is 0 Å². The van der Waals surface area contributed by atoms with Gasteiger partial charge in [0.05, 0.1) is 17.5 Å². The van der Waals surface area contributed by atoms with Crippen LogP contribution < -0.4 is 10.6 Å². The molecule has 0 aliphatic heterocycles. The molecule has 0 aliphatic carbocycles. The van der Waals surface area contributed by atoms with Gasteiger partial charge in [0.2, 0.25) is 5.91 Å². The zero-order chi connectivity index (χ0) is 20.7. The zero-order valence-electron chi connectivity index (χ0n) is 15.5. The summed E-state index contributed by atoms with van der Waals surface area (Å²) >= 11 is 0. The summed E-state index contributed by atoms with van der Waals surface area (Å²) < 4.78 is 13.4. The lowest BCUT2D eigenvalue weighted by molar-refractivity contribution is -0.384. The summed E-state index contributed by atoms with van der Waals surface area (Å²) in [4.78, 5) is 36.1. The summed E-state index contributed by atoms with van der Waals surface area (Å²) in [5, 5.41) is 15.9. The first kappa shape index (κ1) is 21.0. The fraction of sp³-hybridized carbons (Fsp3) is 0.263. The number of nitro groups is 1. The molecule has 0 aliphatic rings. The summed E-state index contributed by atoms with van der Waals surface area (Å²) in [7, 11) is 3.62. The fourth-order valence-electron chi connectivity index (χ4n) is 2.61. The van der Waals surface area contributed by atoms with Crippen molar-refractivity contribution in [3.05, 3.63) is 75.6 Å². The highest BCUT2D eigenvalue weighted by Crippen LogP contribution is 2.18. The molecular formula is C19H21FN4O4. The lowest BCUT2D eigenvalue weighted by Gasteiger charge is -2.25. The topological polar surface area (TPSA) is 105 Å². The molecule has 1 atom stereocenters. The van der Waals surface area contributed by atoms with Crippen LogP contribution in [0.15, 0.2) is 48.5 Å². The summed E-state index contributed by atoms with van der Waals surface area (Å²) in [6.07, 6.45) is 0. The Bertz CT molecular complexity index is 873. The third-order valence-electron chi connectivity index (χ3n) is 4.08. The summed E-state index contributed by atoms with van der Waals surface area (Å²) in [5.41, 5.74) is 0.597. The first-order valence-corrected chi connectivity index (χ1v) is 8.49. The van der Waals surface area contributed by atoms with Gasteiger partial charge in [-0.25, -0.2) is 4.39 Å². The molecule has 0 fully saturated rings. The van der Waals surface area contributed by atoms with Crippen molar-refractivity contribution in [1.82, 2.24) is 15.5 Å². The van der Waals surface area contributed by atoms with Crippen LogP contribution >= 0.6 is 0 Å². The second-order valence-electron chi connectivity index (χ2n) is 6.33. The quantitative estimate of drug-likeness (QED) is 0.531. The maximum Gasteiger partial charge on any atom is 0.270 e. The lowest BCUT2D eigenvalue weighted by Crippen LogP contribution is -2.40. The minimum Gasteiger partial charge on any atom is -0.353 e. The predicted molar refractivity (Wildman–Crippen MR) is 101 cm³/mol. The minimum absolute atomic E-state index is 0.0907. The summed E-state index contributed by atoms with van der Waals surface area (Å²) in [5.74, 6) is -1.38. The number of likely N-dealkylation sites (N-methyl/N-ethyl adjacent to an activating group) is 1. The van der Waals surface area contributed by atoms with Gasteiger partial charge in [0, 0.05) is 24.2 Å². The van der Waals surface area contributed by atoms with Crippen LogP contribution in [0.1, 0.15) is 22.0 Å². The molecule has 2 N–H and O–H groups in total. The van der Waals surface area contributed by atoms with E-state index in [0.29, 0.717) is 5.56 Å². The van der Waals surface area contributed by atoms with Crippen LogP contribution in [0, 0.1) is 15.9 Å². The molecule has 2 aromatic rings. The van der Waals surface area contributed by atoms with E-state index in [1.54, 1.807) is 12.1 Å². The number of amides is 2. The van der Waals surface area contributed by atoms with Gasteiger partial charge in [-0.1, -0.05) is 18.2 Å². The van der Waals surface area contributed by atoms with Gasteiger partial charge in [0.25, 0.3) is 11.6 Å². The molecule has 0 bridgehead atoms. The van der Waals surface area contributed by atoms with E-state index in [2.05, 4.69) is 10.6 Å². The molecular weight excluding hydrogens is 367 g/mol. The van der Waals surface area contributed by atoms with E-state index in [1.807, 2.05) is 19.0 Å². The maximum atomic E-state index is 13.4. The molecule has 148 valence electrons. The Kier molecular flexibility index (Phi) is 7.16. The fourth-order valence-corrected chi connectivity index (χ4v) is 2.61. The van der Waals surface area contributed by atoms with E-state index in [9.17, 15) is 24.1 Å². The number of non-ortho nitro benzene ring substituents is 1. The number of hydrogen-bond acceptors (Lipinski definition) is 5. The molecule has 2 aromatic carbocycles. The third-order valence-corrected chi connectivity index (χ3v) is 4.08. The molecule has 0 spiro atoms. The van der Waals surface area contributed by atoms with E-state index in [4.69, 9.17) is 0 Å². The molecule has 0 aromatic heterocycles. The number of rotatable bonds is 8. The molecule has 28 heavy (non-hydrogen) atoms. The number of benzene rings is 2. The van der Waals surface area contributed by atoms with Gasteiger partial charge < -0.3 is 15.5 Å². The van der Waals surface area contributed by atoms with Crippen molar-refractivity contribution in [2.75, 3.05) is 27.2 Å². The minimum atomic E-state index is -0.600. The standard InChI is InChI=1S/C19H21FN4O4/c1-23(2)17(13-5-3-7-15(20)9-13)11-21-18(25)12-22-19(26)14-6-4-8-16(10-14)24(27)28/h3-10,17H,11-12H2,1-2H3,(H,21,25)(H,22,26). The largest absolute Gasteiger partial charge is 0.353 e. The SMILES string of the molecule is CN(C)C(CNC(=O)CNC(=O)c1cccc([N+](=O)[O-])c1)c1cccc(F)c1. The number of nitrogens with one attached hydrogen (secondary N) is 2. The molecule has 0 heterocycles. The number of halogens is 1.